The molecule has 0 spiro atoms. The molecule has 1 amide bonds. The summed E-state index contributed by atoms with van der Waals surface area (Å²) in [5.41, 5.74) is 1.18. The average Bonchev–Trinajstić information content (AvgIpc) is 2.56. The number of rotatable bonds is 6. The van der Waals surface area contributed by atoms with E-state index >= 15 is 0 Å². The summed E-state index contributed by atoms with van der Waals surface area (Å²) in [6.45, 7) is 0. The van der Waals surface area contributed by atoms with Crippen LogP contribution in [0.5, 0.6) is 11.5 Å². The molecule has 3 N–H and O–H groups in total. The second kappa shape index (κ2) is 7.39. The predicted octanol–water partition coefficient (Wildman–Crippen LogP) is 1.26. The van der Waals surface area contributed by atoms with Crippen LogP contribution in [0.15, 0.2) is 53.4 Å². The largest absolute Gasteiger partial charge is 0.457 e. The Morgan fingerprint density at radius 3 is 2.08 bits per heavy atom. The van der Waals surface area contributed by atoms with Crippen molar-refractivity contribution in [1.82, 2.24) is 5.48 Å². The minimum absolute atomic E-state index is 0.126. The van der Waals surface area contributed by atoms with Crippen LogP contribution in [-0.2, 0) is 14.6 Å². The molecule has 24 heavy (non-hydrogen) atoms. The lowest BCUT2D eigenvalue weighted by molar-refractivity contribution is -0.136. The van der Waals surface area contributed by atoms with Gasteiger partial charge in [0.15, 0.2) is 9.84 Å². The summed E-state index contributed by atoms with van der Waals surface area (Å²) in [5.74, 6) is -1.79. The van der Waals surface area contributed by atoms with Crippen LogP contribution in [-0.4, -0.2) is 36.5 Å². The highest BCUT2D eigenvalue weighted by Crippen LogP contribution is 2.23. The highest BCUT2D eigenvalue weighted by atomic mass is 32.2. The maximum atomic E-state index is 12.8. The molecule has 0 saturated carbocycles. The van der Waals surface area contributed by atoms with Crippen LogP contribution in [0.2, 0.25) is 0 Å². The molecule has 9 heteroatoms. The van der Waals surface area contributed by atoms with Gasteiger partial charge in [-0.05, 0) is 48.5 Å². The van der Waals surface area contributed by atoms with Crippen molar-refractivity contribution in [3.63, 3.8) is 0 Å². The van der Waals surface area contributed by atoms with Gasteiger partial charge in [0, 0.05) is 0 Å². The fourth-order valence-corrected chi connectivity index (χ4v) is 3.12. The van der Waals surface area contributed by atoms with Gasteiger partial charge in [0.2, 0.25) is 0 Å². The molecule has 0 bridgehead atoms. The van der Waals surface area contributed by atoms with Crippen molar-refractivity contribution in [2.45, 2.75) is 11.0 Å². The van der Waals surface area contributed by atoms with E-state index in [2.05, 4.69) is 0 Å². The van der Waals surface area contributed by atoms with Gasteiger partial charge >= 0.3 is 0 Å². The van der Waals surface area contributed by atoms with E-state index in [0.717, 1.165) is 0 Å². The highest BCUT2D eigenvalue weighted by Gasteiger charge is 2.24. The number of benzene rings is 2. The number of hydroxylamine groups is 1. The molecule has 1 atom stereocenters. The number of carbonyl (C=O) groups is 1. The Morgan fingerprint density at radius 1 is 1.08 bits per heavy atom. The first-order valence-corrected chi connectivity index (χ1v) is 8.35. The van der Waals surface area contributed by atoms with Crippen LogP contribution < -0.4 is 10.2 Å². The monoisotopic (exact) mass is 355 g/mol. The molecule has 2 aromatic rings. The molecular weight excluding hydrogens is 341 g/mol. The maximum absolute atomic E-state index is 12.8. The second-order valence-corrected chi connectivity index (χ2v) is 6.83. The van der Waals surface area contributed by atoms with Crippen LogP contribution in [0.1, 0.15) is 0 Å². The zero-order chi connectivity index (χ0) is 17.7. The fraction of sp³-hybridized carbons (Fsp3) is 0.133. The Balaban J connectivity index is 2.10. The summed E-state index contributed by atoms with van der Waals surface area (Å²) in [6.07, 6.45) is -1.89. The highest BCUT2D eigenvalue weighted by molar-refractivity contribution is 7.91. The third-order valence-electron chi connectivity index (χ3n) is 3.02. The molecule has 2 aromatic carbocycles. The predicted molar refractivity (Wildman–Crippen MR) is 80.9 cm³/mol. The van der Waals surface area contributed by atoms with Crippen LogP contribution >= 0.6 is 0 Å². The SMILES string of the molecule is O=C(NO)C(O)CS(=O)(=O)c1ccc(Oc2ccc(F)cc2)cc1. The Bertz CT molecular complexity index is 805. The van der Waals surface area contributed by atoms with Gasteiger partial charge in [0.1, 0.15) is 23.4 Å². The van der Waals surface area contributed by atoms with Gasteiger partial charge in [-0.3, -0.25) is 10.0 Å². The molecule has 0 aliphatic rings. The number of aliphatic hydroxyl groups is 1. The topological polar surface area (TPSA) is 113 Å². The lowest BCUT2D eigenvalue weighted by atomic mass is 10.3. The first-order valence-electron chi connectivity index (χ1n) is 6.70. The van der Waals surface area contributed by atoms with Crippen LogP contribution in [0.4, 0.5) is 4.39 Å². The van der Waals surface area contributed by atoms with Crippen LogP contribution in [0.25, 0.3) is 0 Å². The van der Waals surface area contributed by atoms with E-state index in [-0.39, 0.29) is 4.90 Å². The van der Waals surface area contributed by atoms with Crippen molar-refractivity contribution < 1.29 is 32.7 Å². The first kappa shape index (κ1) is 17.9. The van der Waals surface area contributed by atoms with Crippen molar-refractivity contribution >= 4 is 15.7 Å². The Hall–Kier alpha value is -2.49. The molecule has 0 fully saturated rings. The van der Waals surface area contributed by atoms with E-state index in [1.807, 2.05) is 0 Å². The number of hydrogen-bond donors (Lipinski definition) is 3. The molecule has 7 nitrogen and oxygen atoms in total. The van der Waals surface area contributed by atoms with Gasteiger partial charge < -0.3 is 9.84 Å². The lowest BCUT2D eigenvalue weighted by Crippen LogP contribution is -2.37. The van der Waals surface area contributed by atoms with E-state index in [1.54, 1.807) is 0 Å². The van der Waals surface area contributed by atoms with Gasteiger partial charge in [0.05, 0.1) is 10.6 Å². The van der Waals surface area contributed by atoms with Crippen molar-refractivity contribution in [3.8, 4) is 11.5 Å². The third-order valence-corrected chi connectivity index (χ3v) is 4.77. The number of hydrogen-bond acceptors (Lipinski definition) is 6. The van der Waals surface area contributed by atoms with E-state index in [1.165, 1.54) is 54.0 Å². The molecule has 0 radical (unpaired) electrons. The molecule has 1 unspecified atom stereocenters. The number of ether oxygens (including phenoxy) is 1. The van der Waals surface area contributed by atoms with Crippen molar-refractivity contribution in [2.75, 3.05) is 5.75 Å². The molecule has 0 aliphatic heterocycles. The number of aliphatic hydroxyl groups excluding tert-OH is 1. The molecule has 0 heterocycles. The smallest absolute Gasteiger partial charge is 0.273 e. The minimum Gasteiger partial charge on any atom is -0.457 e. The summed E-state index contributed by atoms with van der Waals surface area (Å²) in [6, 6.07) is 10.6. The average molecular weight is 355 g/mol. The second-order valence-electron chi connectivity index (χ2n) is 4.80. The quantitative estimate of drug-likeness (QED) is 0.531. The maximum Gasteiger partial charge on any atom is 0.273 e. The van der Waals surface area contributed by atoms with Crippen molar-refractivity contribution in [2.24, 2.45) is 0 Å². The summed E-state index contributed by atoms with van der Waals surface area (Å²) >= 11 is 0. The Labute approximate surface area is 137 Å². The normalized spacial score (nSPS) is 12.5. The van der Waals surface area contributed by atoms with Gasteiger partial charge in [0.25, 0.3) is 5.91 Å². The van der Waals surface area contributed by atoms with Crippen LogP contribution in [0, 0.1) is 5.82 Å². The zero-order valence-corrected chi connectivity index (χ0v) is 13.0. The van der Waals surface area contributed by atoms with Gasteiger partial charge in [-0.15, -0.1) is 0 Å². The first-order chi connectivity index (χ1) is 11.3. The summed E-state index contributed by atoms with van der Waals surface area (Å²) in [7, 11) is -3.94. The zero-order valence-electron chi connectivity index (χ0n) is 12.2. The molecule has 2 rings (SSSR count). The number of sulfone groups is 1. The van der Waals surface area contributed by atoms with E-state index in [4.69, 9.17) is 9.94 Å². The lowest BCUT2D eigenvalue weighted by Gasteiger charge is -2.10. The van der Waals surface area contributed by atoms with Crippen molar-refractivity contribution in [1.29, 1.82) is 0 Å². The standard InChI is InChI=1S/C15H14FNO6S/c16-10-1-3-11(4-2-10)23-12-5-7-13(8-6-12)24(21,22)9-14(18)15(19)17-20/h1-8,14,18,20H,9H2,(H,17,19). The van der Waals surface area contributed by atoms with E-state index in [0.29, 0.717) is 11.5 Å². The molecule has 0 aliphatic carbocycles. The summed E-state index contributed by atoms with van der Waals surface area (Å²) in [5, 5.41) is 17.8. The molecular formula is C15H14FNO6S. The number of halogens is 1. The Morgan fingerprint density at radius 2 is 1.58 bits per heavy atom. The molecule has 128 valence electrons. The molecule has 0 saturated heterocycles. The summed E-state index contributed by atoms with van der Waals surface area (Å²) < 4.78 is 42.4. The van der Waals surface area contributed by atoms with E-state index < -0.39 is 33.4 Å². The molecule has 0 aromatic heterocycles. The van der Waals surface area contributed by atoms with Crippen molar-refractivity contribution in [3.05, 3.63) is 54.3 Å². The number of amides is 1. The van der Waals surface area contributed by atoms with Gasteiger partial charge in [-0.25, -0.2) is 18.3 Å². The van der Waals surface area contributed by atoms with Gasteiger partial charge in [-0.1, -0.05) is 0 Å². The number of nitrogens with one attached hydrogen (secondary N) is 1. The van der Waals surface area contributed by atoms with Crippen LogP contribution in [0.3, 0.4) is 0 Å². The summed E-state index contributed by atoms with van der Waals surface area (Å²) in [4.78, 5) is 10.9. The number of carbonyl (C=O) groups excluding carboxylic acids is 1. The minimum atomic E-state index is -3.94. The van der Waals surface area contributed by atoms with E-state index in [9.17, 15) is 22.7 Å². The van der Waals surface area contributed by atoms with Gasteiger partial charge in [-0.2, -0.15) is 0 Å². The fourth-order valence-electron chi connectivity index (χ4n) is 1.81. The Kier molecular flexibility index (Phi) is 5.50. The third kappa shape index (κ3) is 4.51.